The van der Waals surface area contributed by atoms with Crippen LogP contribution >= 0.6 is 22.6 Å². The molecule has 6 nitrogen and oxygen atoms in total. The van der Waals surface area contributed by atoms with Crippen molar-refractivity contribution in [2.24, 2.45) is 7.05 Å². The van der Waals surface area contributed by atoms with Crippen LogP contribution in [0.5, 0.6) is 0 Å². The molecule has 0 spiro atoms. The maximum Gasteiger partial charge on any atom is 0.389 e. The van der Waals surface area contributed by atoms with Crippen LogP contribution in [0.1, 0.15) is 0 Å². The Kier molecular flexibility index (Phi) is 2.40. The van der Waals surface area contributed by atoms with E-state index in [0.717, 1.165) is 10.7 Å². The molecule has 0 amide bonds. The monoisotopic (exact) mass is 281 g/mol. The molecule has 0 aliphatic carbocycles. The van der Waals surface area contributed by atoms with Crippen LogP contribution in [-0.4, -0.2) is 14.7 Å². The molecule has 1 aromatic heterocycles. The second-order valence-corrected chi connectivity index (χ2v) is 3.20. The van der Waals surface area contributed by atoms with E-state index in [1.165, 1.54) is 7.05 Å². The summed E-state index contributed by atoms with van der Waals surface area (Å²) in [5.74, 6) is -0.318. The summed E-state index contributed by atoms with van der Waals surface area (Å²) in [5.41, 5.74) is -0.332. The van der Waals surface area contributed by atoms with Crippen molar-refractivity contribution >= 4 is 28.4 Å². The minimum atomic E-state index is -0.637. The number of rotatable bonds is 1. The first-order valence-corrected chi connectivity index (χ1v) is 3.98. The van der Waals surface area contributed by atoms with Gasteiger partial charge in [0.1, 0.15) is 0 Å². The van der Waals surface area contributed by atoms with Gasteiger partial charge in [-0.15, -0.1) is 4.68 Å². The maximum absolute atomic E-state index is 11.0. The van der Waals surface area contributed by atoms with E-state index in [0.29, 0.717) is 0 Å². The van der Waals surface area contributed by atoms with Crippen LogP contribution in [0, 0.1) is 13.7 Å². The molecule has 12 heavy (non-hydrogen) atoms. The number of nitrogens with zero attached hydrogens (tertiary/aromatic N) is 3. The third-order valence-electron chi connectivity index (χ3n) is 1.19. The number of hydrogen-bond donors (Lipinski definition) is 0. The van der Waals surface area contributed by atoms with E-state index >= 15 is 0 Å². The van der Waals surface area contributed by atoms with E-state index in [1.54, 1.807) is 22.6 Å². The fraction of sp³-hybridized carbons (Fsp3) is 0.200. The summed E-state index contributed by atoms with van der Waals surface area (Å²) in [6.45, 7) is 0. The van der Waals surface area contributed by atoms with Gasteiger partial charge in [-0.1, -0.05) is 0 Å². The van der Waals surface area contributed by atoms with Gasteiger partial charge in [-0.2, -0.15) is 0 Å². The van der Waals surface area contributed by atoms with Crippen molar-refractivity contribution in [3.8, 4) is 0 Å². The lowest BCUT2D eigenvalue weighted by Gasteiger charge is -1.93. The molecule has 0 atom stereocenters. The van der Waals surface area contributed by atoms with Crippen molar-refractivity contribution in [3.05, 3.63) is 30.1 Å². The highest BCUT2D eigenvalue weighted by Gasteiger charge is 2.12. The number of hydrogen-bond acceptors (Lipinski definition) is 4. The highest BCUT2D eigenvalue weighted by molar-refractivity contribution is 14.1. The largest absolute Gasteiger partial charge is 0.389 e. The Morgan fingerprint density at radius 1 is 1.75 bits per heavy atom. The Bertz CT molecular complexity index is 360. The molecule has 0 N–H and O–H groups in total. The third-order valence-corrected chi connectivity index (χ3v) is 1.97. The lowest BCUT2D eigenvalue weighted by atomic mass is 10.5. The van der Waals surface area contributed by atoms with Gasteiger partial charge in [0, 0.05) is 0 Å². The molecule has 0 radical (unpaired) electrons. The molecule has 1 heterocycles. The molecular weight excluding hydrogens is 277 g/mol. The molecule has 64 valence electrons. The highest BCUT2D eigenvalue weighted by atomic mass is 127. The first-order chi connectivity index (χ1) is 5.52. The summed E-state index contributed by atoms with van der Waals surface area (Å²) in [6.07, 6.45) is 0. The van der Waals surface area contributed by atoms with Gasteiger partial charge in [-0.3, -0.25) is 4.79 Å². The van der Waals surface area contributed by atoms with Crippen LogP contribution in [0.25, 0.3) is 0 Å². The van der Waals surface area contributed by atoms with Crippen LogP contribution in [0.2, 0.25) is 0 Å². The van der Waals surface area contributed by atoms with Crippen LogP contribution in [-0.2, 0) is 7.05 Å². The summed E-state index contributed by atoms with van der Waals surface area (Å²) in [7, 11) is 1.37. The predicted molar refractivity (Wildman–Crippen MR) is 48.8 cm³/mol. The topological polar surface area (TPSA) is 78.0 Å². The zero-order chi connectivity index (χ0) is 9.30. The van der Waals surface area contributed by atoms with Crippen molar-refractivity contribution in [1.29, 1.82) is 0 Å². The Morgan fingerprint density at radius 2 is 2.33 bits per heavy atom. The molecular formula is C5H4IN3O3. The average molecular weight is 281 g/mol. The van der Waals surface area contributed by atoms with Gasteiger partial charge >= 0.3 is 5.82 Å². The van der Waals surface area contributed by atoms with Gasteiger partial charge in [0.25, 0.3) is 5.56 Å². The van der Waals surface area contributed by atoms with Gasteiger partial charge in [-0.05, 0) is 27.5 Å². The smallest absolute Gasteiger partial charge is 0.358 e. The van der Waals surface area contributed by atoms with Crippen LogP contribution < -0.4 is 5.56 Å². The second-order valence-electron chi connectivity index (χ2n) is 2.04. The number of nitro groups is 1. The molecule has 0 bridgehead atoms. The zero-order valence-corrected chi connectivity index (χ0v) is 8.18. The summed E-state index contributed by atoms with van der Waals surface area (Å²) >= 11 is 1.73. The summed E-state index contributed by atoms with van der Waals surface area (Å²) in [4.78, 5) is 20.6. The fourth-order valence-corrected chi connectivity index (χ4v) is 1.27. The number of aromatic nitrogens is 2. The summed E-state index contributed by atoms with van der Waals surface area (Å²) in [6, 6.07) is 1.14. The molecule has 7 heteroatoms. The van der Waals surface area contributed by atoms with E-state index in [9.17, 15) is 14.9 Å². The standard InChI is InChI=1S/C5H4IN3O3/c1-8-5(10)3(6)2-4(7-8)9(11)12/h2H,1H3. The van der Waals surface area contributed by atoms with E-state index < -0.39 is 4.92 Å². The zero-order valence-electron chi connectivity index (χ0n) is 6.02. The fourth-order valence-electron chi connectivity index (χ4n) is 0.647. The van der Waals surface area contributed by atoms with Gasteiger partial charge in [0.15, 0.2) is 0 Å². The molecule has 0 aromatic carbocycles. The van der Waals surface area contributed by atoms with Gasteiger partial charge in [-0.25, -0.2) is 0 Å². The Balaban J connectivity index is 3.41. The number of halogens is 1. The second kappa shape index (κ2) is 3.17. The van der Waals surface area contributed by atoms with Crippen molar-refractivity contribution in [1.82, 2.24) is 9.78 Å². The minimum Gasteiger partial charge on any atom is -0.358 e. The molecule has 1 aromatic rings. The first-order valence-electron chi connectivity index (χ1n) is 2.90. The summed E-state index contributed by atoms with van der Waals surface area (Å²) < 4.78 is 1.23. The lowest BCUT2D eigenvalue weighted by molar-refractivity contribution is -0.390. The van der Waals surface area contributed by atoms with Crippen molar-refractivity contribution in [3.63, 3.8) is 0 Å². The van der Waals surface area contributed by atoms with Gasteiger partial charge < -0.3 is 10.1 Å². The quantitative estimate of drug-likeness (QED) is 0.421. The van der Waals surface area contributed by atoms with Gasteiger partial charge in [0.2, 0.25) is 0 Å². The van der Waals surface area contributed by atoms with E-state index in [4.69, 9.17) is 0 Å². The van der Waals surface area contributed by atoms with E-state index in [1.807, 2.05) is 0 Å². The van der Waals surface area contributed by atoms with Crippen molar-refractivity contribution < 1.29 is 4.92 Å². The molecule has 1 rings (SSSR count). The molecule has 0 fully saturated rings. The maximum atomic E-state index is 11.0. The predicted octanol–water partition coefficient (Wildman–Crippen LogP) is 0.293. The molecule has 0 unspecified atom stereocenters. The van der Waals surface area contributed by atoms with Gasteiger partial charge in [0.05, 0.1) is 21.8 Å². The first kappa shape index (κ1) is 9.10. The SMILES string of the molecule is Cn1nc([N+](=O)[O-])cc(I)c1=O. The molecule has 0 aliphatic rings. The van der Waals surface area contributed by atoms with E-state index in [-0.39, 0.29) is 14.9 Å². The van der Waals surface area contributed by atoms with Crippen LogP contribution in [0.15, 0.2) is 10.9 Å². The van der Waals surface area contributed by atoms with E-state index in [2.05, 4.69) is 5.10 Å². The molecule has 0 aliphatic heterocycles. The molecule has 0 saturated heterocycles. The third kappa shape index (κ3) is 1.60. The lowest BCUT2D eigenvalue weighted by Crippen LogP contribution is -2.22. The van der Waals surface area contributed by atoms with Crippen LogP contribution in [0.4, 0.5) is 5.82 Å². The Labute approximate surface area is 80.5 Å². The highest BCUT2D eigenvalue weighted by Crippen LogP contribution is 2.06. The normalized spacial score (nSPS) is 9.83. The van der Waals surface area contributed by atoms with Crippen molar-refractivity contribution in [2.45, 2.75) is 0 Å². The Hall–Kier alpha value is -0.990. The number of aryl methyl sites for hydroxylation is 1. The average Bonchev–Trinajstić information content (AvgIpc) is 1.99. The molecule has 0 saturated carbocycles. The Morgan fingerprint density at radius 3 is 2.75 bits per heavy atom. The van der Waals surface area contributed by atoms with Crippen LogP contribution in [0.3, 0.4) is 0 Å². The van der Waals surface area contributed by atoms with Crippen molar-refractivity contribution in [2.75, 3.05) is 0 Å². The summed E-state index contributed by atoms with van der Waals surface area (Å²) in [5, 5.41) is 13.7. The minimum absolute atomic E-state index is 0.289.